The third-order valence-electron chi connectivity index (χ3n) is 2.56. The predicted molar refractivity (Wildman–Crippen MR) is 74.8 cm³/mol. The number of thioether (sulfide) groups is 1. The van der Waals surface area contributed by atoms with E-state index in [0.717, 1.165) is 11.3 Å². The summed E-state index contributed by atoms with van der Waals surface area (Å²) in [6.45, 7) is 0.487. The normalized spacial score (nSPS) is 10.6. The second-order valence-electron chi connectivity index (χ2n) is 3.85. The highest BCUT2D eigenvalue weighted by molar-refractivity contribution is 7.98. The first-order valence-electron chi connectivity index (χ1n) is 5.67. The Balaban J connectivity index is 2.39. The molecule has 1 heterocycles. The van der Waals surface area contributed by atoms with Gasteiger partial charge in [-0.15, -0.1) is 11.8 Å². The first-order valence-corrected chi connectivity index (χ1v) is 6.90. The van der Waals surface area contributed by atoms with Crippen LogP contribution >= 0.6 is 11.8 Å². The summed E-state index contributed by atoms with van der Waals surface area (Å²) in [4.78, 5) is 19.9. The van der Waals surface area contributed by atoms with Crippen LogP contribution in [-0.4, -0.2) is 22.8 Å². The van der Waals surface area contributed by atoms with Crippen molar-refractivity contribution in [3.8, 4) is 11.4 Å². The van der Waals surface area contributed by atoms with Gasteiger partial charge in [-0.25, -0.2) is 4.98 Å². The molecule has 5 heteroatoms. The molecule has 0 bridgehead atoms. The molecule has 4 nitrogen and oxygen atoms in total. The molecule has 0 radical (unpaired) electrons. The Kier molecular flexibility index (Phi) is 4.17. The fourth-order valence-corrected chi connectivity index (χ4v) is 2.08. The second-order valence-corrected chi connectivity index (χ2v) is 4.73. The molecule has 0 unspecified atom stereocenters. The summed E-state index contributed by atoms with van der Waals surface area (Å²) < 4.78 is 0. The van der Waals surface area contributed by atoms with Crippen LogP contribution < -0.4 is 11.3 Å². The van der Waals surface area contributed by atoms with Crippen molar-refractivity contribution < 1.29 is 0 Å². The third kappa shape index (κ3) is 3.00. The van der Waals surface area contributed by atoms with E-state index in [0.29, 0.717) is 18.8 Å². The number of nitrogens with two attached hydrogens (primary N) is 1. The highest BCUT2D eigenvalue weighted by Crippen LogP contribution is 2.19. The van der Waals surface area contributed by atoms with Gasteiger partial charge in [0.05, 0.1) is 0 Å². The van der Waals surface area contributed by atoms with Crippen LogP contribution in [0, 0.1) is 0 Å². The van der Waals surface area contributed by atoms with E-state index in [1.165, 1.54) is 11.0 Å². The number of nitrogens with zero attached hydrogens (tertiary/aromatic N) is 1. The lowest BCUT2D eigenvalue weighted by Gasteiger charge is -2.04. The van der Waals surface area contributed by atoms with Crippen molar-refractivity contribution in [3.63, 3.8) is 0 Å². The predicted octanol–water partition coefficient (Wildman–Crippen LogP) is 1.66. The van der Waals surface area contributed by atoms with E-state index in [4.69, 9.17) is 5.73 Å². The zero-order chi connectivity index (χ0) is 13.0. The van der Waals surface area contributed by atoms with Gasteiger partial charge in [0.2, 0.25) is 0 Å². The van der Waals surface area contributed by atoms with Gasteiger partial charge in [0, 0.05) is 28.6 Å². The SMILES string of the molecule is CSc1ccc(-c2nc(CCN)cc(=O)[nH]2)cc1. The molecule has 0 atom stereocenters. The minimum absolute atomic E-state index is 0.141. The van der Waals surface area contributed by atoms with Gasteiger partial charge < -0.3 is 10.7 Å². The Bertz CT molecular complexity index is 578. The van der Waals surface area contributed by atoms with Crippen LogP contribution in [-0.2, 0) is 6.42 Å². The van der Waals surface area contributed by atoms with E-state index in [1.807, 2.05) is 30.5 Å². The van der Waals surface area contributed by atoms with Gasteiger partial charge in [0.15, 0.2) is 0 Å². The van der Waals surface area contributed by atoms with Crippen molar-refractivity contribution in [1.29, 1.82) is 0 Å². The van der Waals surface area contributed by atoms with Crippen molar-refractivity contribution in [2.24, 2.45) is 5.73 Å². The second kappa shape index (κ2) is 5.84. The molecule has 3 N–H and O–H groups in total. The minimum atomic E-state index is -0.141. The van der Waals surface area contributed by atoms with Gasteiger partial charge in [0.1, 0.15) is 5.82 Å². The molecule has 0 saturated heterocycles. The maximum atomic E-state index is 11.5. The molecule has 0 spiro atoms. The number of aromatic amines is 1. The van der Waals surface area contributed by atoms with Gasteiger partial charge in [-0.1, -0.05) is 12.1 Å². The van der Waals surface area contributed by atoms with E-state index in [1.54, 1.807) is 11.8 Å². The number of H-pyrrole nitrogens is 1. The first kappa shape index (κ1) is 12.9. The van der Waals surface area contributed by atoms with Gasteiger partial charge in [-0.3, -0.25) is 4.79 Å². The molecular formula is C13H15N3OS. The number of nitrogens with one attached hydrogen (secondary N) is 1. The number of rotatable bonds is 4. The van der Waals surface area contributed by atoms with Gasteiger partial charge >= 0.3 is 0 Å². The largest absolute Gasteiger partial charge is 0.330 e. The topological polar surface area (TPSA) is 71.8 Å². The Morgan fingerprint density at radius 1 is 1.33 bits per heavy atom. The Morgan fingerprint density at radius 3 is 2.67 bits per heavy atom. The molecule has 0 saturated carbocycles. The smallest absolute Gasteiger partial charge is 0.251 e. The van der Waals surface area contributed by atoms with Gasteiger partial charge in [0.25, 0.3) is 5.56 Å². The summed E-state index contributed by atoms with van der Waals surface area (Å²) in [5.41, 5.74) is 6.97. The molecule has 18 heavy (non-hydrogen) atoms. The Hall–Kier alpha value is -1.59. The van der Waals surface area contributed by atoms with Crippen molar-refractivity contribution in [3.05, 3.63) is 46.4 Å². The van der Waals surface area contributed by atoms with Crippen LogP contribution in [0.5, 0.6) is 0 Å². The highest BCUT2D eigenvalue weighted by atomic mass is 32.2. The lowest BCUT2D eigenvalue weighted by Crippen LogP contribution is -2.13. The number of benzene rings is 1. The summed E-state index contributed by atoms with van der Waals surface area (Å²) in [6, 6.07) is 9.42. The van der Waals surface area contributed by atoms with Crippen molar-refractivity contribution >= 4 is 11.8 Å². The summed E-state index contributed by atoms with van der Waals surface area (Å²) >= 11 is 1.68. The summed E-state index contributed by atoms with van der Waals surface area (Å²) in [6.07, 6.45) is 2.64. The molecule has 0 aliphatic rings. The molecule has 1 aromatic heterocycles. The average molecular weight is 261 g/mol. The van der Waals surface area contributed by atoms with Crippen LogP contribution in [0.15, 0.2) is 40.0 Å². The van der Waals surface area contributed by atoms with E-state index < -0.39 is 0 Å². The van der Waals surface area contributed by atoms with Crippen molar-refractivity contribution in [2.45, 2.75) is 11.3 Å². The van der Waals surface area contributed by atoms with Crippen LogP contribution in [0.4, 0.5) is 0 Å². The van der Waals surface area contributed by atoms with Crippen LogP contribution in [0.1, 0.15) is 5.69 Å². The van der Waals surface area contributed by atoms with E-state index in [9.17, 15) is 4.79 Å². The minimum Gasteiger partial charge on any atom is -0.330 e. The van der Waals surface area contributed by atoms with E-state index in [-0.39, 0.29) is 5.56 Å². The van der Waals surface area contributed by atoms with E-state index >= 15 is 0 Å². The molecule has 2 aromatic rings. The molecule has 2 rings (SSSR count). The van der Waals surface area contributed by atoms with Crippen molar-refractivity contribution in [2.75, 3.05) is 12.8 Å². The fraction of sp³-hybridized carbons (Fsp3) is 0.231. The van der Waals surface area contributed by atoms with Crippen LogP contribution in [0.2, 0.25) is 0 Å². The standard InChI is InChI=1S/C13H15N3OS/c1-18-11-4-2-9(3-5-11)13-15-10(6-7-14)8-12(17)16-13/h2-5,8H,6-7,14H2,1H3,(H,15,16,17). The monoisotopic (exact) mass is 261 g/mol. The van der Waals surface area contributed by atoms with E-state index in [2.05, 4.69) is 9.97 Å². The third-order valence-corrected chi connectivity index (χ3v) is 3.30. The molecule has 94 valence electrons. The zero-order valence-corrected chi connectivity index (χ0v) is 11.0. The molecule has 0 fully saturated rings. The van der Waals surface area contributed by atoms with Crippen LogP contribution in [0.25, 0.3) is 11.4 Å². The van der Waals surface area contributed by atoms with Crippen LogP contribution in [0.3, 0.4) is 0 Å². The Morgan fingerprint density at radius 2 is 2.06 bits per heavy atom. The zero-order valence-electron chi connectivity index (χ0n) is 10.1. The lowest BCUT2D eigenvalue weighted by atomic mass is 10.2. The molecular weight excluding hydrogens is 246 g/mol. The maximum Gasteiger partial charge on any atom is 0.251 e. The summed E-state index contributed by atoms with van der Waals surface area (Å²) in [7, 11) is 0. The summed E-state index contributed by atoms with van der Waals surface area (Å²) in [5, 5.41) is 0. The van der Waals surface area contributed by atoms with Gasteiger partial charge in [-0.05, 0) is 24.9 Å². The molecule has 0 aliphatic carbocycles. The lowest BCUT2D eigenvalue weighted by molar-refractivity contribution is 0.905. The maximum absolute atomic E-state index is 11.5. The fourth-order valence-electron chi connectivity index (χ4n) is 1.67. The average Bonchev–Trinajstić information content (AvgIpc) is 2.38. The number of hydrogen-bond donors (Lipinski definition) is 2. The van der Waals surface area contributed by atoms with Crippen molar-refractivity contribution in [1.82, 2.24) is 9.97 Å². The molecule has 0 amide bonds. The Labute approximate surface area is 110 Å². The number of aromatic nitrogens is 2. The quantitative estimate of drug-likeness (QED) is 0.821. The van der Waals surface area contributed by atoms with Gasteiger partial charge in [-0.2, -0.15) is 0 Å². The molecule has 0 aliphatic heterocycles. The first-order chi connectivity index (χ1) is 8.72. The highest BCUT2D eigenvalue weighted by Gasteiger charge is 2.03. The molecule has 1 aromatic carbocycles. The summed E-state index contributed by atoms with van der Waals surface area (Å²) in [5.74, 6) is 0.596. The number of hydrogen-bond acceptors (Lipinski definition) is 4.